The molecule has 2 amide bonds. The number of hydrogen-bond acceptors (Lipinski definition) is 5. The molecule has 29 heavy (non-hydrogen) atoms. The normalized spacial score (nSPS) is 20.0. The largest absolute Gasteiger partial charge is 0.462 e. The van der Waals surface area contributed by atoms with Crippen LogP contribution in [0, 0.1) is 0 Å². The summed E-state index contributed by atoms with van der Waals surface area (Å²) < 4.78 is 5.54. The molecule has 1 saturated carbocycles. The topological polar surface area (TPSA) is 87.7 Å². The van der Waals surface area contributed by atoms with Crippen LogP contribution in [0.5, 0.6) is 0 Å². The zero-order chi connectivity index (χ0) is 20.8. The van der Waals surface area contributed by atoms with Crippen molar-refractivity contribution >= 4 is 46.7 Å². The van der Waals surface area contributed by atoms with Crippen LogP contribution >= 0.6 is 23.8 Å². The number of hydrogen-bond donors (Lipinski definition) is 2. The lowest BCUT2D eigenvalue weighted by Crippen LogP contribution is -2.60. The summed E-state index contributed by atoms with van der Waals surface area (Å²) in [5, 5.41) is 5.90. The minimum Gasteiger partial charge on any atom is -0.462 e. The van der Waals surface area contributed by atoms with Crippen LogP contribution in [-0.2, 0) is 14.3 Å². The second-order valence-electron chi connectivity index (χ2n) is 7.22. The van der Waals surface area contributed by atoms with Crippen molar-refractivity contribution in [1.29, 1.82) is 0 Å². The summed E-state index contributed by atoms with van der Waals surface area (Å²) in [6.45, 7) is 0.766. The van der Waals surface area contributed by atoms with Gasteiger partial charge in [0.1, 0.15) is 12.1 Å². The molecule has 1 heterocycles. The van der Waals surface area contributed by atoms with E-state index in [4.69, 9.17) is 28.6 Å². The number of halogens is 1. The van der Waals surface area contributed by atoms with Crippen LogP contribution in [0.4, 0.5) is 0 Å². The fourth-order valence-corrected chi connectivity index (χ4v) is 4.11. The maximum atomic E-state index is 12.4. The molecule has 156 valence electrons. The monoisotopic (exact) mass is 437 g/mol. The van der Waals surface area contributed by atoms with E-state index in [0.29, 0.717) is 23.7 Å². The highest BCUT2D eigenvalue weighted by Crippen LogP contribution is 2.21. The highest BCUT2D eigenvalue weighted by atomic mass is 35.5. The molecule has 0 radical (unpaired) electrons. The number of carbonyl (C=O) groups is 3. The fraction of sp³-hybridized carbons (Fsp3) is 0.500. The molecule has 7 nitrogen and oxygen atoms in total. The van der Waals surface area contributed by atoms with Crippen LogP contribution in [0.3, 0.4) is 0 Å². The van der Waals surface area contributed by atoms with Crippen molar-refractivity contribution in [2.45, 2.75) is 50.7 Å². The van der Waals surface area contributed by atoms with Gasteiger partial charge in [0.05, 0.1) is 6.42 Å². The summed E-state index contributed by atoms with van der Waals surface area (Å²) in [7, 11) is 0. The summed E-state index contributed by atoms with van der Waals surface area (Å²) in [6.07, 6.45) is 4.79. The quantitative estimate of drug-likeness (QED) is 0.555. The first-order valence-corrected chi connectivity index (χ1v) is 10.6. The van der Waals surface area contributed by atoms with Gasteiger partial charge in [-0.05, 0) is 56.1 Å². The van der Waals surface area contributed by atoms with Crippen LogP contribution in [0.1, 0.15) is 48.9 Å². The van der Waals surface area contributed by atoms with Gasteiger partial charge in [0.15, 0.2) is 5.11 Å². The van der Waals surface area contributed by atoms with Gasteiger partial charge in [-0.25, -0.2) is 0 Å². The first kappa shape index (κ1) is 21.5. The minimum absolute atomic E-state index is 0.0779. The van der Waals surface area contributed by atoms with Gasteiger partial charge in [0, 0.05) is 23.7 Å². The molecule has 1 aliphatic heterocycles. The Morgan fingerprint density at radius 2 is 2.03 bits per heavy atom. The van der Waals surface area contributed by atoms with Crippen LogP contribution in [0.25, 0.3) is 0 Å². The van der Waals surface area contributed by atoms with Crippen molar-refractivity contribution in [2.75, 3.05) is 13.1 Å². The van der Waals surface area contributed by atoms with Gasteiger partial charge in [-0.3, -0.25) is 19.7 Å². The second-order valence-corrected chi connectivity index (χ2v) is 8.05. The molecule has 1 unspecified atom stereocenters. The van der Waals surface area contributed by atoms with Gasteiger partial charge in [-0.1, -0.05) is 24.1 Å². The summed E-state index contributed by atoms with van der Waals surface area (Å²) in [4.78, 5) is 38.8. The number of esters is 1. The fourth-order valence-electron chi connectivity index (χ4n) is 3.61. The molecular formula is C20H24ClN3O4S. The lowest BCUT2D eigenvalue weighted by Gasteiger charge is -2.36. The predicted molar refractivity (Wildman–Crippen MR) is 113 cm³/mol. The molecule has 1 atom stereocenters. The summed E-state index contributed by atoms with van der Waals surface area (Å²) in [6, 6.07) is 5.66. The van der Waals surface area contributed by atoms with Gasteiger partial charge in [-0.15, -0.1) is 0 Å². The lowest BCUT2D eigenvalue weighted by molar-refractivity contribution is -0.153. The average Bonchev–Trinajstić information content (AvgIpc) is 2.70. The molecule has 2 fully saturated rings. The SMILES string of the molecule is O=C(CC1C(=O)NCCN1C(=S)NC(=O)c1cccc(Cl)c1)OC1CCCCC1. The van der Waals surface area contributed by atoms with E-state index in [2.05, 4.69) is 10.6 Å². The standard InChI is InChI=1S/C20H24ClN3O4S/c21-14-6-4-5-13(11-14)18(26)23-20(29)24-10-9-22-19(27)16(24)12-17(25)28-15-7-2-1-3-8-15/h4-6,11,15-16H,1-3,7-10,12H2,(H,22,27)(H,23,26,29). The molecule has 3 rings (SSSR count). The van der Waals surface area contributed by atoms with Crippen molar-refractivity contribution in [3.05, 3.63) is 34.9 Å². The van der Waals surface area contributed by atoms with E-state index in [-0.39, 0.29) is 23.5 Å². The zero-order valence-electron chi connectivity index (χ0n) is 16.0. The average molecular weight is 438 g/mol. The number of nitrogens with zero attached hydrogens (tertiary/aromatic N) is 1. The maximum Gasteiger partial charge on any atom is 0.308 e. The van der Waals surface area contributed by atoms with Crippen LogP contribution in [-0.4, -0.2) is 53.0 Å². The Morgan fingerprint density at radius 1 is 1.28 bits per heavy atom. The van der Waals surface area contributed by atoms with E-state index in [1.54, 1.807) is 23.1 Å². The molecule has 0 aromatic heterocycles. The first-order chi connectivity index (χ1) is 13.9. The molecule has 0 spiro atoms. The van der Waals surface area contributed by atoms with E-state index in [1.165, 1.54) is 6.07 Å². The number of carbonyl (C=O) groups excluding carboxylic acids is 3. The van der Waals surface area contributed by atoms with Gasteiger partial charge in [-0.2, -0.15) is 0 Å². The molecule has 2 N–H and O–H groups in total. The third kappa shape index (κ3) is 5.90. The Hall–Kier alpha value is -2.19. The molecule has 1 aliphatic carbocycles. The van der Waals surface area contributed by atoms with Crippen molar-refractivity contribution < 1.29 is 19.1 Å². The zero-order valence-corrected chi connectivity index (χ0v) is 17.6. The van der Waals surface area contributed by atoms with Gasteiger partial charge in [0.25, 0.3) is 5.91 Å². The van der Waals surface area contributed by atoms with E-state index in [0.717, 1.165) is 32.1 Å². The molecule has 9 heteroatoms. The van der Waals surface area contributed by atoms with Crippen molar-refractivity contribution in [1.82, 2.24) is 15.5 Å². The molecule has 2 aliphatic rings. The number of nitrogens with one attached hydrogen (secondary N) is 2. The highest BCUT2D eigenvalue weighted by molar-refractivity contribution is 7.80. The van der Waals surface area contributed by atoms with Crippen molar-refractivity contribution in [3.8, 4) is 0 Å². The van der Waals surface area contributed by atoms with E-state index in [1.807, 2.05) is 0 Å². The summed E-state index contributed by atoms with van der Waals surface area (Å²) in [5.74, 6) is -1.16. The molecule has 1 aromatic rings. The number of piperazine rings is 1. The van der Waals surface area contributed by atoms with Gasteiger partial charge in [0.2, 0.25) is 5.91 Å². The Balaban J connectivity index is 1.62. The van der Waals surface area contributed by atoms with E-state index in [9.17, 15) is 14.4 Å². The Morgan fingerprint density at radius 3 is 2.76 bits per heavy atom. The summed E-state index contributed by atoms with van der Waals surface area (Å²) >= 11 is 11.3. The second kappa shape index (κ2) is 10.0. The van der Waals surface area contributed by atoms with Crippen LogP contribution in [0.2, 0.25) is 5.02 Å². The molecule has 1 aromatic carbocycles. The Bertz CT molecular complexity index is 798. The third-order valence-corrected chi connectivity index (χ3v) is 5.68. The third-order valence-electron chi connectivity index (χ3n) is 5.11. The highest BCUT2D eigenvalue weighted by Gasteiger charge is 2.35. The van der Waals surface area contributed by atoms with E-state index < -0.39 is 17.9 Å². The van der Waals surface area contributed by atoms with Gasteiger partial charge >= 0.3 is 5.97 Å². The molecule has 1 saturated heterocycles. The maximum absolute atomic E-state index is 12.4. The number of ether oxygens (including phenoxy) is 1. The molecule has 0 bridgehead atoms. The predicted octanol–water partition coefficient (Wildman–Crippen LogP) is 2.42. The van der Waals surface area contributed by atoms with E-state index >= 15 is 0 Å². The Labute approximate surface area is 180 Å². The number of benzene rings is 1. The van der Waals surface area contributed by atoms with Crippen molar-refractivity contribution in [2.24, 2.45) is 0 Å². The Kier molecular flexibility index (Phi) is 7.44. The van der Waals surface area contributed by atoms with Crippen molar-refractivity contribution in [3.63, 3.8) is 0 Å². The number of thiocarbonyl (C=S) groups is 1. The summed E-state index contributed by atoms with van der Waals surface area (Å²) in [5.41, 5.74) is 0.356. The number of amides is 2. The number of rotatable bonds is 4. The smallest absolute Gasteiger partial charge is 0.308 e. The van der Waals surface area contributed by atoms with Gasteiger partial charge < -0.3 is 15.0 Å². The lowest BCUT2D eigenvalue weighted by atomic mass is 9.98. The molecular weight excluding hydrogens is 414 g/mol. The first-order valence-electron chi connectivity index (χ1n) is 9.79. The van der Waals surface area contributed by atoms with Crippen LogP contribution < -0.4 is 10.6 Å². The minimum atomic E-state index is -0.813. The van der Waals surface area contributed by atoms with Crippen LogP contribution in [0.15, 0.2) is 24.3 Å².